The third-order valence-electron chi connectivity index (χ3n) is 6.20. The van der Waals surface area contributed by atoms with Gasteiger partial charge in [-0.1, -0.05) is 59.8 Å². The Balaban J connectivity index is 1.31. The van der Waals surface area contributed by atoms with E-state index in [-0.39, 0.29) is 17.6 Å². The van der Waals surface area contributed by atoms with Gasteiger partial charge in [0.2, 0.25) is 5.91 Å². The van der Waals surface area contributed by atoms with Crippen LogP contribution in [0.5, 0.6) is 0 Å². The highest BCUT2D eigenvalue weighted by atomic mass is 32.2. The normalized spacial score (nSPS) is 12.6. The maximum absolute atomic E-state index is 13.3. The Hall–Kier alpha value is -3.49. The Labute approximate surface area is 225 Å². The summed E-state index contributed by atoms with van der Waals surface area (Å²) < 4.78 is 0. The number of carbonyl (C=O) groups excluding carboxylic acids is 2. The van der Waals surface area contributed by atoms with Gasteiger partial charge in [0.1, 0.15) is 5.00 Å². The van der Waals surface area contributed by atoms with Crippen LogP contribution in [0.2, 0.25) is 0 Å². The molecule has 2 aromatic carbocycles. The van der Waals surface area contributed by atoms with Gasteiger partial charge in [0, 0.05) is 21.8 Å². The van der Waals surface area contributed by atoms with Crippen LogP contribution < -0.4 is 10.6 Å². The SMILES string of the molecule is Cc1ccc(-c2cc(C)nc(SCC(=O)Nc3sc4c(c3C(=O)Nc3ccccc3)CCCC4)n2)cc1. The molecule has 37 heavy (non-hydrogen) atoms. The molecule has 0 bridgehead atoms. The molecule has 0 unspecified atom stereocenters. The van der Waals surface area contributed by atoms with Gasteiger partial charge < -0.3 is 10.6 Å². The second kappa shape index (κ2) is 11.3. The number of aryl methyl sites for hydroxylation is 3. The van der Waals surface area contributed by atoms with Gasteiger partial charge in [-0.2, -0.15) is 0 Å². The van der Waals surface area contributed by atoms with E-state index in [4.69, 9.17) is 0 Å². The molecule has 0 saturated heterocycles. The van der Waals surface area contributed by atoms with Crippen LogP contribution in [0.1, 0.15) is 44.9 Å². The number of para-hydroxylation sites is 1. The van der Waals surface area contributed by atoms with E-state index < -0.39 is 0 Å². The zero-order chi connectivity index (χ0) is 25.8. The molecular weight excluding hydrogens is 500 g/mol. The third kappa shape index (κ3) is 6.09. The Morgan fingerprint density at radius 1 is 0.946 bits per heavy atom. The molecule has 1 aliphatic rings. The predicted molar refractivity (Wildman–Crippen MR) is 152 cm³/mol. The lowest BCUT2D eigenvalue weighted by Crippen LogP contribution is -2.19. The zero-order valence-corrected chi connectivity index (χ0v) is 22.5. The van der Waals surface area contributed by atoms with Crippen molar-refractivity contribution in [3.8, 4) is 11.3 Å². The maximum atomic E-state index is 13.3. The van der Waals surface area contributed by atoms with Crippen LogP contribution in [0.25, 0.3) is 11.3 Å². The van der Waals surface area contributed by atoms with E-state index in [1.807, 2.05) is 55.5 Å². The number of anilines is 2. The minimum atomic E-state index is -0.182. The summed E-state index contributed by atoms with van der Waals surface area (Å²) in [5, 5.41) is 7.18. The van der Waals surface area contributed by atoms with Crippen molar-refractivity contribution in [3.63, 3.8) is 0 Å². The van der Waals surface area contributed by atoms with Crippen LogP contribution >= 0.6 is 23.1 Å². The minimum absolute atomic E-state index is 0.152. The average Bonchev–Trinajstić information content (AvgIpc) is 3.26. The van der Waals surface area contributed by atoms with Crippen LogP contribution in [0, 0.1) is 13.8 Å². The van der Waals surface area contributed by atoms with Crippen molar-refractivity contribution in [1.82, 2.24) is 9.97 Å². The van der Waals surface area contributed by atoms with Crippen LogP contribution in [0.15, 0.2) is 65.8 Å². The topological polar surface area (TPSA) is 84.0 Å². The van der Waals surface area contributed by atoms with E-state index in [2.05, 4.69) is 39.7 Å². The number of aromatic nitrogens is 2. The van der Waals surface area contributed by atoms with Gasteiger partial charge in [-0.15, -0.1) is 11.3 Å². The summed E-state index contributed by atoms with van der Waals surface area (Å²) in [6, 6.07) is 19.5. The molecule has 0 radical (unpaired) electrons. The summed E-state index contributed by atoms with van der Waals surface area (Å²) in [7, 11) is 0. The number of thiophene rings is 1. The zero-order valence-electron chi connectivity index (χ0n) is 20.8. The maximum Gasteiger partial charge on any atom is 0.258 e. The number of thioether (sulfide) groups is 1. The van der Waals surface area contributed by atoms with E-state index >= 15 is 0 Å². The first-order valence-corrected chi connectivity index (χ1v) is 14.1. The van der Waals surface area contributed by atoms with Crippen LogP contribution in [-0.4, -0.2) is 27.5 Å². The quantitative estimate of drug-likeness (QED) is 0.206. The van der Waals surface area contributed by atoms with Crippen molar-refractivity contribution in [2.75, 3.05) is 16.4 Å². The Kier molecular flexibility index (Phi) is 7.67. The molecule has 6 nitrogen and oxygen atoms in total. The first-order chi connectivity index (χ1) is 18.0. The van der Waals surface area contributed by atoms with Crippen molar-refractivity contribution in [3.05, 3.63) is 87.9 Å². The molecule has 2 N–H and O–H groups in total. The van der Waals surface area contributed by atoms with E-state index in [1.165, 1.54) is 33.5 Å². The van der Waals surface area contributed by atoms with Crippen molar-refractivity contribution in [2.24, 2.45) is 0 Å². The molecule has 188 valence electrons. The molecule has 5 rings (SSSR count). The highest BCUT2D eigenvalue weighted by molar-refractivity contribution is 7.99. The summed E-state index contributed by atoms with van der Waals surface area (Å²) in [4.78, 5) is 36.6. The highest BCUT2D eigenvalue weighted by Crippen LogP contribution is 2.38. The summed E-state index contributed by atoms with van der Waals surface area (Å²) in [6.45, 7) is 3.98. The lowest BCUT2D eigenvalue weighted by atomic mass is 9.95. The molecule has 0 spiro atoms. The largest absolute Gasteiger partial charge is 0.322 e. The summed E-state index contributed by atoms with van der Waals surface area (Å²) in [6.07, 6.45) is 3.94. The smallest absolute Gasteiger partial charge is 0.258 e. The molecular formula is C29H28N4O2S2. The van der Waals surface area contributed by atoms with Gasteiger partial charge >= 0.3 is 0 Å². The lowest BCUT2D eigenvalue weighted by molar-refractivity contribution is -0.113. The number of amides is 2. The molecule has 0 fully saturated rings. The molecule has 4 aromatic rings. The number of rotatable bonds is 7. The number of nitrogens with one attached hydrogen (secondary N) is 2. The Morgan fingerprint density at radius 3 is 2.49 bits per heavy atom. The predicted octanol–water partition coefficient (Wildman–Crippen LogP) is 6.68. The van der Waals surface area contributed by atoms with E-state index in [1.54, 1.807) is 0 Å². The van der Waals surface area contributed by atoms with Gasteiger partial charge in [-0.05, 0) is 63.3 Å². The molecule has 0 atom stereocenters. The molecule has 0 aliphatic heterocycles. The molecule has 0 saturated carbocycles. The fourth-order valence-electron chi connectivity index (χ4n) is 4.38. The number of fused-ring (bicyclic) bond motifs is 1. The van der Waals surface area contributed by atoms with Gasteiger partial charge in [0.05, 0.1) is 17.0 Å². The number of benzene rings is 2. The Bertz CT molecular complexity index is 1430. The van der Waals surface area contributed by atoms with E-state index in [0.717, 1.165) is 53.9 Å². The third-order valence-corrected chi connectivity index (χ3v) is 8.25. The van der Waals surface area contributed by atoms with Gasteiger partial charge in [-0.25, -0.2) is 9.97 Å². The first-order valence-electron chi connectivity index (χ1n) is 12.3. The van der Waals surface area contributed by atoms with Gasteiger partial charge in [0.25, 0.3) is 5.91 Å². The molecule has 8 heteroatoms. The second-order valence-electron chi connectivity index (χ2n) is 9.12. The lowest BCUT2D eigenvalue weighted by Gasteiger charge is -2.13. The molecule has 1 aliphatic carbocycles. The van der Waals surface area contributed by atoms with Crippen molar-refractivity contribution in [2.45, 2.75) is 44.7 Å². The van der Waals surface area contributed by atoms with Crippen LogP contribution in [0.3, 0.4) is 0 Å². The highest BCUT2D eigenvalue weighted by Gasteiger charge is 2.26. The standard InChI is InChI=1S/C29H28N4O2S2/c1-18-12-14-20(15-13-18)23-16-19(2)30-29(32-23)36-17-25(34)33-28-26(22-10-6-7-11-24(22)37-28)27(35)31-21-8-4-3-5-9-21/h3-5,8-9,12-16H,6-7,10-11,17H2,1-2H3,(H,31,35)(H,33,34). The average molecular weight is 529 g/mol. The molecule has 2 amide bonds. The number of hydrogen-bond acceptors (Lipinski definition) is 6. The first kappa shape index (κ1) is 25.2. The minimum Gasteiger partial charge on any atom is -0.322 e. The number of carbonyl (C=O) groups is 2. The van der Waals surface area contributed by atoms with Crippen LogP contribution in [-0.2, 0) is 17.6 Å². The van der Waals surface area contributed by atoms with Gasteiger partial charge in [-0.3, -0.25) is 9.59 Å². The monoisotopic (exact) mass is 528 g/mol. The fourth-order valence-corrected chi connectivity index (χ4v) is 6.39. The van der Waals surface area contributed by atoms with E-state index in [0.29, 0.717) is 15.7 Å². The van der Waals surface area contributed by atoms with Crippen LogP contribution in [0.4, 0.5) is 10.7 Å². The molecule has 2 heterocycles. The van der Waals surface area contributed by atoms with Crippen molar-refractivity contribution < 1.29 is 9.59 Å². The summed E-state index contributed by atoms with van der Waals surface area (Å²) >= 11 is 2.82. The van der Waals surface area contributed by atoms with E-state index in [9.17, 15) is 9.59 Å². The fraction of sp³-hybridized carbons (Fsp3) is 0.241. The van der Waals surface area contributed by atoms with Crippen molar-refractivity contribution in [1.29, 1.82) is 0 Å². The molecule has 2 aromatic heterocycles. The number of nitrogens with zero attached hydrogens (tertiary/aromatic N) is 2. The van der Waals surface area contributed by atoms with Gasteiger partial charge in [0.15, 0.2) is 5.16 Å². The second-order valence-corrected chi connectivity index (χ2v) is 11.2. The number of hydrogen-bond donors (Lipinski definition) is 2. The summed E-state index contributed by atoms with van der Waals surface area (Å²) in [5.41, 5.74) is 6.28. The summed E-state index contributed by atoms with van der Waals surface area (Å²) in [5.74, 6) is -0.211. The van der Waals surface area contributed by atoms with Crippen molar-refractivity contribution >= 4 is 45.6 Å². The Morgan fingerprint density at radius 2 is 1.70 bits per heavy atom.